The first-order chi connectivity index (χ1) is 10.2. The van der Waals surface area contributed by atoms with E-state index >= 15 is 0 Å². The van der Waals surface area contributed by atoms with E-state index in [0.717, 1.165) is 28.8 Å². The number of nitrogens with zero attached hydrogens (tertiary/aromatic N) is 1. The summed E-state index contributed by atoms with van der Waals surface area (Å²) >= 11 is 0. The number of hydrogen-bond acceptors (Lipinski definition) is 2. The molecule has 0 amide bonds. The molecule has 1 heterocycles. The van der Waals surface area contributed by atoms with Gasteiger partial charge in [0.1, 0.15) is 18.1 Å². The van der Waals surface area contributed by atoms with Crippen molar-refractivity contribution in [3.63, 3.8) is 0 Å². The molecule has 3 rings (SSSR count). The zero-order valence-electron chi connectivity index (χ0n) is 12.3. The highest BCUT2D eigenvalue weighted by Crippen LogP contribution is 2.26. The van der Waals surface area contributed by atoms with E-state index < -0.39 is 0 Å². The largest absolute Gasteiger partial charge is 0.508 e. The van der Waals surface area contributed by atoms with E-state index in [-0.39, 0.29) is 0 Å². The van der Waals surface area contributed by atoms with Crippen LogP contribution < -0.4 is 4.74 Å². The van der Waals surface area contributed by atoms with Crippen LogP contribution >= 0.6 is 0 Å². The predicted molar refractivity (Wildman–Crippen MR) is 84.8 cm³/mol. The van der Waals surface area contributed by atoms with Gasteiger partial charge in [0.05, 0.1) is 5.52 Å². The van der Waals surface area contributed by atoms with Gasteiger partial charge in [0.15, 0.2) is 0 Å². The Bertz CT molecular complexity index is 774. The first-order valence-corrected chi connectivity index (χ1v) is 7.17. The highest BCUT2D eigenvalue weighted by molar-refractivity contribution is 5.85. The summed E-state index contributed by atoms with van der Waals surface area (Å²) in [5, 5.41) is 10.8. The van der Waals surface area contributed by atoms with Crippen LogP contribution in [0.2, 0.25) is 0 Å². The van der Waals surface area contributed by atoms with Gasteiger partial charge in [0.2, 0.25) is 0 Å². The van der Waals surface area contributed by atoms with Gasteiger partial charge in [-0.05, 0) is 43.7 Å². The number of fused-ring (bicyclic) bond motifs is 1. The minimum absolute atomic E-state index is 0.293. The summed E-state index contributed by atoms with van der Waals surface area (Å²) in [5.41, 5.74) is 3.36. The lowest BCUT2D eigenvalue weighted by atomic mass is 10.2. The number of hydrogen-bond donors (Lipinski definition) is 1. The molecule has 0 saturated heterocycles. The third kappa shape index (κ3) is 2.72. The summed E-state index contributed by atoms with van der Waals surface area (Å²) in [7, 11) is 0. The van der Waals surface area contributed by atoms with E-state index in [1.54, 1.807) is 12.1 Å². The van der Waals surface area contributed by atoms with Crippen molar-refractivity contribution in [3.05, 3.63) is 59.8 Å². The molecule has 0 spiro atoms. The molecule has 21 heavy (non-hydrogen) atoms. The Morgan fingerprint density at radius 2 is 2.00 bits per heavy atom. The molecule has 3 aromatic rings. The Hall–Kier alpha value is -2.42. The van der Waals surface area contributed by atoms with Crippen LogP contribution in [0.3, 0.4) is 0 Å². The molecular formula is C18H19NO2. The number of benzene rings is 2. The monoisotopic (exact) mass is 281 g/mol. The van der Waals surface area contributed by atoms with Crippen molar-refractivity contribution in [1.29, 1.82) is 0 Å². The molecule has 0 fully saturated rings. The van der Waals surface area contributed by atoms with Gasteiger partial charge >= 0.3 is 0 Å². The SMILES string of the molecule is CCn1cc(COc2cccc(C)c2)c2ccc(O)cc21. The first-order valence-electron chi connectivity index (χ1n) is 7.17. The van der Waals surface area contributed by atoms with Crippen molar-refractivity contribution >= 4 is 10.9 Å². The topological polar surface area (TPSA) is 34.4 Å². The van der Waals surface area contributed by atoms with Crippen LogP contribution in [0, 0.1) is 6.92 Å². The smallest absolute Gasteiger partial charge is 0.120 e. The normalized spacial score (nSPS) is 11.0. The van der Waals surface area contributed by atoms with Crippen LogP contribution in [0.4, 0.5) is 0 Å². The van der Waals surface area contributed by atoms with Crippen LogP contribution in [0.1, 0.15) is 18.1 Å². The molecule has 108 valence electrons. The molecular weight excluding hydrogens is 262 g/mol. The maximum atomic E-state index is 9.65. The Kier molecular flexibility index (Phi) is 3.57. The van der Waals surface area contributed by atoms with Crippen molar-refractivity contribution in [2.24, 2.45) is 0 Å². The molecule has 0 unspecified atom stereocenters. The van der Waals surface area contributed by atoms with Gasteiger partial charge in [-0.15, -0.1) is 0 Å². The van der Waals surface area contributed by atoms with Crippen molar-refractivity contribution in [2.45, 2.75) is 27.0 Å². The molecule has 0 saturated carbocycles. The molecule has 0 atom stereocenters. The summed E-state index contributed by atoms with van der Waals surface area (Å²) in [6.07, 6.45) is 2.10. The average molecular weight is 281 g/mol. The van der Waals surface area contributed by atoms with Gasteiger partial charge in [-0.3, -0.25) is 0 Å². The molecule has 3 nitrogen and oxygen atoms in total. The maximum Gasteiger partial charge on any atom is 0.120 e. The Balaban J connectivity index is 1.90. The lowest BCUT2D eigenvalue weighted by Gasteiger charge is -2.06. The van der Waals surface area contributed by atoms with E-state index in [4.69, 9.17) is 4.74 Å². The highest BCUT2D eigenvalue weighted by atomic mass is 16.5. The van der Waals surface area contributed by atoms with Gasteiger partial charge < -0.3 is 14.4 Å². The fourth-order valence-corrected chi connectivity index (χ4v) is 2.60. The summed E-state index contributed by atoms with van der Waals surface area (Å²) in [6.45, 7) is 5.54. The predicted octanol–water partition coefficient (Wildman–Crippen LogP) is 4.25. The number of phenols is 1. The molecule has 3 heteroatoms. The number of phenolic OH excluding ortho intramolecular Hbond substituents is 1. The summed E-state index contributed by atoms with van der Waals surface area (Å²) in [6, 6.07) is 13.5. The van der Waals surface area contributed by atoms with Gasteiger partial charge in [0.25, 0.3) is 0 Å². The molecule has 0 aliphatic carbocycles. The Morgan fingerprint density at radius 3 is 2.76 bits per heavy atom. The zero-order chi connectivity index (χ0) is 14.8. The quantitative estimate of drug-likeness (QED) is 0.775. The highest BCUT2D eigenvalue weighted by Gasteiger charge is 2.09. The fourth-order valence-electron chi connectivity index (χ4n) is 2.60. The lowest BCUT2D eigenvalue weighted by Crippen LogP contribution is -1.95. The lowest BCUT2D eigenvalue weighted by molar-refractivity contribution is 0.307. The Morgan fingerprint density at radius 1 is 1.14 bits per heavy atom. The van der Waals surface area contributed by atoms with Crippen LogP contribution in [-0.2, 0) is 13.2 Å². The zero-order valence-corrected chi connectivity index (χ0v) is 12.3. The molecule has 0 aliphatic rings. The van der Waals surface area contributed by atoms with E-state index in [9.17, 15) is 5.11 Å². The van der Waals surface area contributed by atoms with Crippen LogP contribution in [0.25, 0.3) is 10.9 Å². The van der Waals surface area contributed by atoms with E-state index in [1.165, 1.54) is 5.56 Å². The summed E-state index contributed by atoms with van der Waals surface area (Å²) in [5.74, 6) is 1.17. The average Bonchev–Trinajstić information content (AvgIpc) is 2.82. The van der Waals surface area contributed by atoms with Gasteiger partial charge in [-0.2, -0.15) is 0 Å². The number of rotatable bonds is 4. The van der Waals surface area contributed by atoms with Crippen LogP contribution in [0.5, 0.6) is 11.5 Å². The third-order valence-corrected chi connectivity index (χ3v) is 3.67. The van der Waals surface area contributed by atoms with Crippen LogP contribution in [-0.4, -0.2) is 9.67 Å². The molecule has 0 bridgehead atoms. The maximum absolute atomic E-state index is 9.65. The number of aromatic hydroxyl groups is 1. The van der Waals surface area contributed by atoms with Crippen molar-refractivity contribution in [2.75, 3.05) is 0 Å². The third-order valence-electron chi connectivity index (χ3n) is 3.67. The summed E-state index contributed by atoms with van der Waals surface area (Å²) < 4.78 is 8.02. The van der Waals surface area contributed by atoms with E-state index in [1.807, 2.05) is 24.3 Å². The molecule has 2 aromatic carbocycles. The molecule has 0 aliphatic heterocycles. The number of ether oxygens (including phenoxy) is 1. The minimum Gasteiger partial charge on any atom is -0.508 e. The second-order valence-corrected chi connectivity index (χ2v) is 5.25. The Labute approximate surface area is 124 Å². The van der Waals surface area contributed by atoms with Crippen molar-refractivity contribution in [1.82, 2.24) is 4.57 Å². The second kappa shape index (κ2) is 5.52. The second-order valence-electron chi connectivity index (χ2n) is 5.25. The van der Waals surface area contributed by atoms with Crippen LogP contribution in [0.15, 0.2) is 48.7 Å². The molecule has 1 aromatic heterocycles. The standard InChI is InChI=1S/C18H19NO2/c1-3-19-11-14(17-8-7-15(20)10-18(17)19)12-21-16-6-4-5-13(2)9-16/h4-11,20H,3,12H2,1-2H3. The summed E-state index contributed by atoms with van der Waals surface area (Å²) in [4.78, 5) is 0. The van der Waals surface area contributed by atoms with E-state index in [2.05, 4.69) is 30.7 Å². The van der Waals surface area contributed by atoms with Gasteiger partial charge in [0, 0.05) is 29.8 Å². The van der Waals surface area contributed by atoms with Crippen molar-refractivity contribution < 1.29 is 9.84 Å². The van der Waals surface area contributed by atoms with Crippen molar-refractivity contribution in [3.8, 4) is 11.5 Å². The first kappa shape index (κ1) is 13.6. The number of aryl methyl sites for hydroxylation is 2. The van der Waals surface area contributed by atoms with Gasteiger partial charge in [-0.1, -0.05) is 12.1 Å². The molecule has 0 radical (unpaired) electrons. The van der Waals surface area contributed by atoms with Gasteiger partial charge in [-0.25, -0.2) is 0 Å². The minimum atomic E-state index is 0.293. The number of aromatic nitrogens is 1. The molecule has 1 N–H and O–H groups in total. The fraction of sp³-hybridized carbons (Fsp3) is 0.222. The van der Waals surface area contributed by atoms with E-state index in [0.29, 0.717) is 12.4 Å².